The van der Waals surface area contributed by atoms with Crippen molar-refractivity contribution in [3.05, 3.63) is 47.7 Å². The van der Waals surface area contributed by atoms with E-state index in [1.807, 2.05) is 13.0 Å². The van der Waals surface area contributed by atoms with Gasteiger partial charge in [0.1, 0.15) is 5.82 Å². The Hall–Kier alpha value is -2.83. The highest BCUT2D eigenvalue weighted by atomic mass is 16.6. The molecular formula is C20H27N5O2. The number of anilines is 2. The van der Waals surface area contributed by atoms with Crippen molar-refractivity contribution in [2.45, 2.75) is 39.3 Å². The summed E-state index contributed by atoms with van der Waals surface area (Å²) in [5.41, 5.74) is 2.46. The van der Waals surface area contributed by atoms with Crippen LogP contribution in [0.1, 0.15) is 30.9 Å². The molecule has 7 nitrogen and oxygen atoms in total. The number of benzene rings is 1. The number of rotatable bonds is 6. The lowest BCUT2D eigenvalue weighted by atomic mass is 10.1. The van der Waals surface area contributed by atoms with Gasteiger partial charge in [-0.2, -0.15) is 4.98 Å². The maximum absolute atomic E-state index is 11.8. The van der Waals surface area contributed by atoms with Gasteiger partial charge in [-0.25, -0.2) is 9.78 Å². The standard InChI is InChI=1S/C20H27N5O2/c1-3-27-20(26)25-11-8-17(9-12-25)23-19-21-10-7-18(24-19)22-14-16-6-4-5-15(2)13-16/h4-7,10,13,17H,3,8-9,11-12,14H2,1-2H3,(H2,21,22,23,24). The lowest BCUT2D eigenvalue weighted by Gasteiger charge is -2.31. The molecule has 144 valence electrons. The van der Waals surface area contributed by atoms with Gasteiger partial charge in [0.15, 0.2) is 0 Å². The molecule has 7 heteroatoms. The minimum atomic E-state index is -0.227. The molecule has 0 saturated carbocycles. The molecule has 0 atom stereocenters. The number of ether oxygens (including phenoxy) is 1. The highest BCUT2D eigenvalue weighted by Crippen LogP contribution is 2.16. The number of piperidine rings is 1. The van der Waals surface area contributed by atoms with Gasteiger partial charge in [0, 0.05) is 31.9 Å². The predicted molar refractivity (Wildman–Crippen MR) is 106 cm³/mol. The summed E-state index contributed by atoms with van der Waals surface area (Å²) in [6.45, 7) is 6.40. The topological polar surface area (TPSA) is 79.4 Å². The number of aromatic nitrogens is 2. The molecule has 1 amide bonds. The first-order valence-electron chi connectivity index (χ1n) is 9.44. The SMILES string of the molecule is CCOC(=O)N1CCC(Nc2nccc(NCc3cccc(C)c3)n2)CC1. The van der Waals surface area contributed by atoms with Gasteiger partial charge >= 0.3 is 6.09 Å². The van der Waals surface area contributed by atoms with E-state index in [1.165, 1.54) is 11.1 Å². The van der Waals surface area contributed by atoms with Crippen LogP contribution in [0.25, 0.3) is 0 Å². The van der Waals surface area contributed by atoms with Crippen molar-refractivity contribution < 1.29 is 9.53 Å². The second-order valence-electron chi connectivity index (χ2n) is 6.71. The van der Waals surface area contributed by atoms with Gasteiger partial charge in [0.05, 0.1) is 6.61 Å². The Morgan fingerprint density at radius 2 is 2.11 bits per heavy atom. The van der Waals surface area contributed by atoms with Gasteiger partial charge in [0.25, 0.3) is 0 Å². The highest BCUT2D eigenvalue weighted by Gasteiger charge is 2.23. The van der Waals surface area contributed by atoms with E-state index >= 15 is 0 Å². The first-order valence-corrected chi connectivity index (χ1v) is 9.44. The van der Waals surface area contributed by atoms with E-state index < -0.39 is 0 Å². The number of aryl methyl sites for hydroxylation is 1. The molecule has 0 radical (unpaired) electrons. The molecular weight excluding hydrogens is 342 g/mol. The Kier molecular flexibility index (Phi) is 6.46. The van der Waals surface area contributed by atoms with Crippen LogP contribution in [0, 0.1) is 6.92 Å². The van der Waals surface area contributed by atoms with Gasteiger partial charge in [0.2, 0.25) is 5.95 Å². The number of hydrogen-bond donors (Lipinski definition) is 2. The maximum atomic E-state index is 11.8. The lowest BCUT2D eigenvalue weighted by Crippen LogP contribution is -2.42. The van der Waals surface area contributed by atoms with E-state index in [0.717, 1.165) is 25.2 Å². The van der Waals surface area contributed by atoms with Gasteiger partial charge in [-0.15, -0.1) is 0 Å². The lowest BCUT2D eigenvalue weighted by molar-refractivity contribution is 0.0983. The molecule has 1 aliphatic heterocycles. The van der Waals surface area contributed by atoms with Crippen LogP contribution in [0.3, 0.4) is 0 Å². The van der Waals surface area contributed by atoms with Crippen molar-refractivity contribution >= 4 is 17.9 Å². The Morgan fingerprint density at radius 3 is 2.85 bits per heavy atom. The minimum absolute atomic E-state index is 0.227. The maximum Gasteiger partial charge on any atom is 0.409 e. The fourth-order valence-electron chi connectivity index (χ4n) is 3.15. The first-order chi connectivity index (χ1) is 13.1. The molecule has 1 saturated heterocycles. The zero-order chi connectivity index (χ0) is 19.1. The van der Waals surface area contributed by atoms with Crippen LogP contribution in [-0.2, 0) is 11.3 Å². The van der Waals surface area contributed by atoms with E-state index in [0.29, 0.717) is 25.6 Å². The second kappa shape index (κ2) is 9.21. The van der Waals surface area contributed by atoms with Crippen LogP contribution in [-0.4, -0.2) is 46.7 Å². The molecule has 1 aromatic carbocycles. The second-order valence-corrected chi connectivity index (χ2v) is 6.71. The Labute approximate surface area is 160 Å². The molecule has 2 heterocycles. The zero-order valence-corrected chi connectivity index (χ0v) is 15.9. The van der Waals surface area contributed by atoms with Crippen molar-refractivity contribution in [1.29, 1.82) is 0 Å². The number of carbonyl (C=O) groups is 1. The summed E-state index contributed by atoms with van der Waals surface area (Å²) in [5.74, 6) is 1.40. The van der Waals surface area contributed by atoms with Gasteiger partial charge in [-0.1, -0.05) is 29.8 Å². The number of nitrogens with one attached hydrogen (secondary N) is 2. The predicted octanol–water partition coefficient (Wildman–Crippen LogP) is 3.43. The average molecular weight is 369 g/mol. The van der Waals surface area contributed by atoms with Crippen LogP contribution in [0.5, 0.6) is 0 Å². The Bertz CT molecular complexity index is 760. The van der Waals surface area contributed by atoms with Gasteiger partial charge in [-0.3, -0.25) is 0 Å². The van der Waals surface area contributed by atoms with E-state index in [2.05, 4.69) is 51.8 Å². The third-order valence-corrected chi connectivity index (χ3v) is 4.57. The van der Waals surface area contributed by atoms with E-state index in [1.54, 1.807) is 11.1 Å². The van der Waals surface area contributed by atoms with E-state index in [4.69, 9.17) is 4.74 Å². The zero-order valence-electron chi connectivity index (χ0n) is 15.9. The molecule has 0 bridgehead atoms. The van der Waals surface area contributed by atoms with Crippen LogP contribution in [0.15, 0.2) is 36.5 Å². The van der Waals surface area contributed by atoms with E-state index in [-0.39, 0.29) is 12.1 Å². The molecule has 3 rings (SSSR count). The minimum Gasteiger partial charge on any atom is -0.450 e. The van der Waals surface area contributed by atoms with Crippen molar-refractivity contribution in [1.82, 2.24) is 14.9 Å². The molecule has 0 unspecified atom stereocenters. The summed E-state index contributed by atoms with van der Waals surface area (Å²) in [6, 6.07) is 10.5. The largest absolute Gasteiger partial charge is 0.450 e. The fraction of sp³-hybridized carbons (Fsp3) is 0.450. The number of likely N-dealkylation sites (tertiary alicyclic amines) is 1. The molecule has 27 heavy (non-hydrogen) atoms. The first kappa shape index (κ1) is 18.9. The summed E-state index contributed by atoms with van der Waals surface area (Å²) in [4.78, 5) is 22.4. The average Bonchev–Trinajstić information content (AvgIpc) is 2.68. The quantitative estimate of drug-likeness (QED) is 0.812. The number of amides is 1. The van der Waals surface area contributed by atoms with Gasteiger partial charge in [-0.05, 0) is 38.3 Å². The molecule has 2 aromatic rings. The molecule has 1 aliphatic rings. The summed E-state index contributed by atoms with van der Waals surface area (Å²) in [7, 11) is 0. The van der Waals surface area contributed by atoms with Crippen LogP contribution in [0.4, 0.5) is 16.6 Å². The monoisotopic (exact) mass is 369 g/mol. The summed E-state index contributed by atoms with van der Waals surface area (Å²) in [6.07, 6.45) is 3.23. The summed E-state index contributed by atoms with van der Waals surface area (Å²) in [5, 5.41) is 6.72. The highest BCUT2D eigenvalue weighted by molar-refractivity contribution is 5.67. The molecule has 0 aliphatic carbocycles. The normalized spacial score (nSPS) is 14.7. The number of hydrogen-bond acceptors (Lipinski definition) is 6. The summed E-state index contributed by atoms with van der Waals surface area (Å²) >= 11 is 0. The van der Waals surface area contributed by atoms with E-state index in [9.17, 15) is 4.79 Å². The Balaban J connectivity index is 1.50. The van der Waals surface area contributed by atoms with Gasteiger partial charge < -0.3 is 20.3 Å². The molecule has 1 fully saturated rings. The third kappa shape index (κ3) is 5.57. The third-order valence-electron chi connectivity index (χ3n) is 4.57. The van der Waals surface area contributed by atoms with Crippen LogP contribution < -0.4 is 10.6 Å². The molecule has 1 aromatic heterocycles. The van der Waals surface area contributed by atoms with Crippen LogP contribution >= 0.6 is 0 Å². The van der Waals surface area contributed by atoms with Crippen LogP contribution in [0.2, 0.25) is 0 Å². The van der Waals surface area contributed by atoms with Crippen molar-refractivity contribution in [3.8, 4) is 0 Å². The van der Waals surface area contributed by atoms with Crippen molar-refractivity contribution in [2.75, 3.05) is 30.3 Å². The van der Waals surface area contributed by atoms with Crippen molar-refractivity contribution in [2.24, 2.45) is 0 Å². The van der Waals surface area contributed by atoms with Crippen molar-refractivity contribution in [3.63, 3.8) is 0 Å². The molecule has 0 spiro atoms. The number of nitrogens with zero attached hydrogens (tertiary/aromatic N) is 3. The molecule has 2 N–H and O–H groups in total. The number of carbonyl (C=O) groups excluding carboxylic acids is 1. The smallest absolute Gasteiger partial charge is 0.409 e. The fourth-order valence-corrected chi connectivity index (χ4v) is 3.15. The Morgan fingerprint density at radius 1 is 1.30 bits per heavy atom. The summed E-state index contributed by atoms with van der Waals surface area (Å²) < 4.78 is 5.05.